The van der Waals surface area contributed by atoms with Crippen LogP contribution in [-0.4, -0.2) is 25.9 Å². The van der Waals surface area contributed by atoms with E-state index in [0.717, 1.165) is 10.0 Å². The van der Waals surface area contributed by atoms with Gasteiger partial charge in [0.15, 0.2) is 0 Å². The first-order valence-electron chi connectivity index (χ1n) is 4.99. The second-order valence-corrected chi connectivity index (χ2v) is 5.14. The molecule has 1 N–H and O–H groups in total. The van der Waals surface area contributed by atoms with E-state index in [1.807, 2.05) is 26.0 Å². The molecule has 0 fully saturated rings. The Labute approximate surface area is 105 Å². The third-order valence-corrected chi connectivity index (χ3v) is 3.00. The zero-order valence-corrected chi connectivity index (χ0v) is 11.6. The van der Waals surface area contributed by atoms with Crippen LogP contribution in [0, 0.1) is 0 Å². The summed E-state index contributed by atoms with van der Waals surface area (Å²) in [6.07, 6.45) is 0. The Bertz CT molecular complexity index is 350. The van der Waals surface area contributed by atoms with E-state index in [2.05, 4.69) is 15.9 Å². The predicted octanol–water partition coefficient (Wildman–Crippen LogP) is 2.74. The van der Waals surface area contributed by atoms with Crippen LogP contribution in [0.4, 0.5) is 0 Å². The number of aliphatic hydroxyl groups is 1. The van der Waals surface area contributed by atoms with Crippen LogP contribution in [0.3, 0.4) is 0 Å². The summed E-state index contributed by atoms with van der Waals surface area (Å²) in [6.45, 7) is 3.92. The molecule has 0 radical (unpaired) electrons. The topological polar surface area (TPSA) is 38.7 Å². The largest absolute Gasteiger partial charge is 0.496 e. The molecule has 0 amide bonds. The molecule has 0 heterocycles. The molecular formula is C12H17BrO3. The van der Waals surface area contributed by atoms with Gasteiger partial charge in [0.1, 0.15) is 11.5 Å². The summed E-state index contributed by atoms with van der Waals surface area (Å²) < 4.78 is 11.6. The van der Waals surface area contributed by atoms with E-state index < -0.39 is 5.41 Å². The molecule has 16 heavy (non-hydrogen) atoms. The number of benzene rings is 1. The molecule has 0 saturated carbocycles. The number of hydrogen-bond acceptors (Lipinski definition) is 3. The van der Waals surface area contributed by atoms with Gasteiger partial charge in [-0.15, -0.1) is 0 Å². The molecular weight excluding hydrogens is 272 g/mol. The molecule has 0 aliphatic rings. The molecule has 3 nitrogen and oxygen atoms in total. The normalized spacial score (nSPS) is 11.4. The average Bonchev–Trinajstić information content (AvgIpc) is 2.27. The Morgan fingerprint density at radius 1 is 1.19 bits per heavy atom. The lowest BCUT2D eigenvalue weighted by Gasteiger charge is -2.27. The van der Waals surface area contributed by atoms with Crippen LogP contribution in [0.25, 0.3) is 0 Å². The highest BCUT2D eigenvalue weighted by molar-refractivity contribution is 9.10. The molecule has 4 heteroatoms. The minimum atomic E-state index is -0.405. The highest BCUT2D eigenvalue weighted by atomic mass is 79.9. The number of methoxy groups -OCH3 is 2. The summed E-state index contributed by atoms with van der Waals surface area (Å²) in [7, 11) is 3.22. The fourth-order valence-electron chi connectivity index (χ4n) is 1.63. The van der Waals surface area contributed by atoms with Gasteiger partial charge in [-0.3, -0.25) is 0 Å². The molecule has 1 aromatic carbocycles. The van der Waals surface area contributed by atoms with Crippen LogP contribution >= 0.6 is 15.9 Å². The number of ether oxygens (including phenoxy) is 2. The molecule has 1 rings (SSSR count). The Hall–Kier alpha value is -0.740. The standard InChI is InChI=1S/C12H17BrO3/c1-12(2,7-14)11-9(15-3)5-8(13)6-10(11)16-4/h5-6,14H,7H2,1-4H3. The van der Waals surface area contributed by atoms with Crippen molar-refractivity contribution in [3.8, 4) is 11.5 Å². The SMILES string of the molecule is COc1cc(Br)cc(OC)c1C(C)(C)CO. The third kappa shape index (κ3) is 2.50. The lowest BCUT2D eigenvalue weighted by Crippen LogP contribution is -2.23. The quantitative estimate of drug-likeness (QED) is 0.926. The molecule has 1 aromatic rings. The Kier molecular flexibility index (Phi) is 4.21. The van der Waals surface area contributed by atoms with Crippen LogP contribution in [0.15, 0.2) is 16.6 Å². The average molecular weight is 289 g/mol. The fraction of sp³-hybridized carbons (Fsp3) is 0.500. The van der Waals surface area contributed by atoms with Crippen molar-refractivity contribution in [3.63, 3.8) is 0 Å². The number of halogens is 1. The van der Waals surface area contributed by atoms with Gasteiger partial charge in [-0.2, -0.15) is 0 Å². The van der Waals surface area contributed by atoms with Crippen molar-refractivity contribution in [1.29, 1.82) is 0 Å². The molecule has 0 atom stereocenters. The maximum absolute atomic E-state index is 9.43. The molecule has 0 aromatic heterocycles. The molecule has 0 bridgehead atoms. The van der Waals surface area contributed by atoms with Crippen molar-refractivity contribution in [2.24, 2.45) is 0 Å². The molecule has 90 valence electrons. The number of aliphatic hydroxyl groups excluding tert-OH is 1. The van der Waals surface area contributed by atoms with Crippen LogP contribution < -0.4 is 9.47 Å². The number of hydrogen-bond donors (Lipinski definition) is 1. The number of rotatable bonds is 4. The van der Waals surface area contributed by atoms with Crippen LogP contribution in [0.1, 0.15) is 19.4 Å². The summed E-state index contributed by atoms with van der Waals surface area (Å²) in [4.78, 5) is 0. The predicted molar refractivity (Wildman–Crippen MR) is 67.4 cm³/mol. The van der Waals surface area contributed by atoms with Gasteiger partial charge in [-0.1, -0.05) is 29.8 Å². The van der Waals surface area contributed by atoms with Crippen molar-refractivity contribution in [1.82, 2.24) is 0 Å². The molecule has 0 spiro atoms. The van der Waals surface area contributed by atoms with E-state index in [-0.39, 0.29) is 6.61 Å². The molecule has 0 aliphatic heterocycles. The summed E-state index contributed by atoms with van der Waals surface area (Å²) in [5.41, 5.74) is 0.473. The summed E-state index contributed by atoms with van der Waals surface area (Å²) in [5, 5.41) is 9.43. The summed E-state index contributed by atoms with van der Waals surface area (Å²) >= 11 is 3.39. The van der Waals surface area contributed by atoms with Gasteiger partial charge in [0.05, 0.1) is 20.8 Å². The highest BCUT2D eigenvalue weighted by Gasteiger charge is 2.28. The van der Waals surface area contributed by atoms with E-state index >= 15 is 0 Å². The zero-order chi connectivity index (χ0) is 12.3. The Morgan fingerprint density at radius 3 is 1.94 bits per heavy atom. The molecule has 0 unspecified atom stereocenters. The van der Waals surface area contributed by atoms with E-state index in [9.17, 15) is 5.11 Å². The smallest absolute Gasteiger partial charge is 0.127 e. The van der Waals surface area contributed by atoms with Crippen molar-refractivity contribution < 1.29 is 14.6 Å². The third-order valence-electron chi connectivity index (χ3n) is 2.54. The lowest BCUT2D eigenvalue weighted by molar-refractivity contribution is 0.210. The van der Waals surface area contributed by atoms with Gasteiger partial charge in [0.25, 0.3) is 0 Å². The van der Waals surface area contributed by atoms with Crippen LogP contribution in [0.2, 0.25) is 0 Å². The van der Waals surface area contributed by atoms with Crippen molar-refractivity contribution in [2.45, 2.75) is 19.3 Å². The molecule has 0 aliphatic carbocycles. The first-order valence-corrected chi connectivity index (χ1v) is 5.78. The first kappa shape index (κ1) is 13.3. The van der Waals surface area contributed by atoms with Crippen molar-refractivity contribution in [3.05, 3.63) is 22.2 Å². The van der Waals surface area contributed by atoms with Crippen molar-refractivity contribution >= 4 is 15.9 Å². The van der Waals surface area contributed by atoms with E-state index in [1.54, 1.807) is 14.2 Å². The summed E-state index contributed by atoms with van der Waals surface area (Å²) in [6, 6.07) is 3.74. The zero-order valence-electron chi connectivity index (χ0n) is 10.0. The second kappa shape index (κ2) is 5.06. The molecule has 0 saturated heterocycles. The lowest BCUT2D eigenvalue weighted by atomic mass is 9.84. The van der Waals surface area contributed by atoms with Crippen LogP contribution in [-0.2, 0) is 5.41 Å². The van der Waals surface area contributed by atoms with Gasteiger partial charge in [0.2, 0.25) is 0 Å². The van der Waals surface area contributed by atoms with Gasteiger partial charge in [0, 0.05) is 15.5 Å². The monoisotopic (exact) mass is 288 g/mol. The van der Waals surface area contributed by atoms with E-state index in [1.165, 1.54) is 0 Å². The summed E-state index contributed by atoms with van der Waals surface area (Å²) in [5.74, 6) is 1.43. The van der Waals surface area contributed by atoms with Gasteiger partial charge in [-0.25, -0.2) is 0 Å². The van der Waals surface area contributed by atoms with Gasteiger partial charge < -0.3 is 14.6 Å². The minimum Gasteiger partial charge on any atom is -0.496 e. The maximum atomic E-state index is 9.43. The minimum absolute atomic E-state index is 0.0291. The second-order valence-electron chi connectivity index (χ2n) is 4.23. The van der Waals surface area contributed by atoms with Crippen LogP contribution in [0.5, 0.6) is 11.5 Å². The van der Waals surface area contributed by atoms with Crippen molar-refractivity contribution in [2.75, 3.05) is 20.8 Å². The Balaban J connectivity index is 3.44. The van der Waals surface area contributed by atoms with E-state index in [0.29, 0.717) is 11.5 Å². The first-order chi connectivity index (χ1) is 7.46. The van der Waals surface area contributed by atoms with E-state index in [4.69, 9.17) is 9.47 Å². The van der Waals surface area contributed by atoms with Gasteiger partial charge in [-0.05, 0) is 12.1 Å². The maximum Gasteiger partial charge on any atom is 0.127 e. The van der Waals surface area contributed by atoms with Gasteiger partial charge >= 0.3 is 0 Å². The highest BCUT2D eigenvalue weighted by Crippen LogP contribution is 2.40. The Morgan fingerprint density at radius 2 is 1.62 bits per heavy atom. The fourth-order valence-corrected chi connectivity index (χ4v) is 2.04.